The molecule has 1 amide bonds. The van der Waals surface area contributed by atoms with E-state index in [1.807, 2.05) is 0 Å². The first kappa shape index (κ1) is 17.9. The average Bonchev–Trinajstić information content (AvgIpc) is 2.37. The van der Waals surface area contributed by atoms with Crippen LogP contribution in [0, 0.1) is 0 Å². The molecule has 8 heteroatoms. The molecule has 0 saturated carbocycles. The van der Waals surface area contributed by atoms with Crippen molar-refractivity contribution in [2.24, 2.45) is 0 Å². The van der Waals surface area contributed by atoms with Crippen LogP contribution in [-0.4, -0.2) is 40.8 Å². The van der Waals surface area contributed by atoms with E-state index in [9.17, 15) is 13.2 Å². The van der Waals surface area contributed by atoms with Gasteiger partial charge in [0.2, 0.25) is 15.9 Å². The summed E-state index contributed by atoms with van der Waals surface area (Å²) < 4.78 is 30.2. The third-order valence-corrected chi connectivity index (χ3v) is 3.61. The van der Waals surface area contributed by atoms with Gasteiger partial charge in [0.25, 0.3) is 0 Å². The van der Waals surface area contributed by atoms with Crippen molar-refractivity contribution in [1.29, 1.82) is 0 Å². The number of amides is 1. The molecule has 0 bridgehead atoms. The first-order chi connectivity index (χ1) is 9.81. The second-order valence-electron chi connectivity index (χ2n) is 4.54. The van der Waals surface area contributed by atoms with Gasteiger partial charge in [0.15, 0.2) is 0 Å². The van der Waals surface area contributed by atoms with E-state index in [0.717, 1.165) is 6.26 Å². The molecule has 0 aromatic heterocycles. The highest BCUT2D eigenvalue weighted by molar-refractivity contribution is 7.88. The third-order valence-electron chi connectivity index (χ3n) is 2.65. The predicted octanol–water partition coefficient (Wildman–Crippen LogP) is 1.08. The number of hydrogen-bond acceptors (Lipinski definition) is 4. The fourth-order valence-corrected chi connectivity index (χ4v) is 2.59. The van der Waals surface area contributed by atoms with E-state index in [1.165, 1.54) is 7.11 Å². The van der Waals surface area contributed by atoms with Gasteiger partial charge in [-0.3, -0.25) is 4.79 Å². The Bertz CT molecular complexity index is 560. The number of carbonyl (C=O) groups is 1. The summed E-state index contributed by atoms with van der Waals surface area (Å²) in [7, 11) is -1.90. The summed E-state index contributed by atoms with van der Waals surface area (Å²) in [5.74, 6) is -0.261. The van der Waals surface area contributed by atoms with E-state index < -0.39 is 16.1 Å². The third kappa shape index (κ3) is 7.42. The van der Waals surface area contributed by atoms with E-state index in [-0.39, 0.29) is 12.3 Å². The van der Waals surface area contributed by atoms with Gasteiger partial charge in [0.1, 0.15) is 0 Å². The van der Waals surface area contributed by atoms with Crippen molar-refractivity contribution in [1.82, 2.24) is 10.0 Å². The van der Waals surface area contributed by atoms with Crippen LogP contribution in [0.1, 0.15) is 18.0 Å². The molecule has 0 aliphatic heterocycles. The van der Waals surface area contributed by atoms with Crippen LogP contribution in [0.4, 0.5) is 0 Å². The van der Waals surface area contributed by atoms with Gasteiger partial charge >= 0.3 is 0 Å². The fraction of sp³-hybridized carbons (Fsp3) is 0.462. The first-order valence-corrected chi connectivity index (χ1v) is 8.57. The maximum atomic E-state index is 11.8. The van der Waals surface area contributed by atoms with Crippen LogP contribution in [0.2, 0.25) is 5.02 Å². The Balaban J connectivity index is 2.78. The van der Waals surface area contributed by atoms with Gasteiger partial charge in [0.05, 0.1) is 18.9 Å². The number of sulfonamides is 1. The molecule has 2 N–H and O–H groups in total. The van der Waals surface area contributed by atoms with Gasteiger partial charge in [-0.25, -0.2) is 13.1 Å². The van der Waals surface area contributed by atoms with E-state index in [2.05, 4.69) is 10.0 Å². The van der Waals surface area contributed by atoms with Crippen LogP contribution in [0.25, 0.3) is 0 Å². The molecule has 0 unspecified atom stereocenters. The topological polar surface area (TPSA) is 84.5 Å². The Morgan fingerprint density at radius 1 is 1.33 bits per heavy atom. The molecule has 0 spiro atoms. The van der Waals surface area contributed by atoms with Crippen LogP contribution >= 0.6 is 11.6 Å². The molecule has 1 aromatic carbocycles. The standard InChI is InChI=1S/C13H19ClN2O4S/c1-20-8-7-15-13(17)9-12(16-21(2,18)19)10-3-5-11(14)6-4-10/h3-6,12,16H,7-9H2,1-2H3,(H,15,17)/t12-/m1/s1. The Labute approximate surface area is 129 Å². The van der Waals surface area contributed by atoms with Crippen LogP contribution in [0.3, 0.4) is 0 Å². The van der Waals surface area contributed by atoms with Crippen molar-refractivity contribution in [3.05, 3.63) is 34.9 Å². The van der Waals surface area contributed by atoms with Gasteiger partial charge < -0.3 is 10.1 Å². The largest absolute Gasteiger partial charge is 0.383 e. The number of nitrogens with one attached hydrogen (secondary N) is 2. The Morgan fingerprint density at radius 2 is 1.95 bits per heavy atom. The van der Waals surface area contributed by atoms with E-state index >= 15 is 0 Å². The van der Waals surface area contributed by atoms with Crippen LogP contribution in [0.5, 0.6) is 0 Å². The summed E-state index contributed by atoms with van der Waals surface area (Å²) in [5, 5.41) is 3.20. The SMILES string of the molecule is COCCNC(=O)C[C@@H](NS(C)(=O)=O)c1ccc(Cl)cc1. The van der Waals surface area contributed by atoms with Crippen molar-refractivity contribution in [2.45, 2.75) is 12.5 Å². The molecule has 1 rings (SSSR count). The maximum absolute atomic E-state index is 11.8. The van der Waals surface area contributed by atoms with Crippen LogP contribution in [0.15, 0.2) is 24.3 Å². The summed E-state index contributed by atoms with van der Waals surface area (Å²) in [5.41, 5.74) is 0.673. The summed E-state index contributed by atoms with van der Waals surface area (Å²) in [6, 6.07) is 6.04. The quantitative estimate of drug-likeness (QED) is 0.697. The van der Waals surface area contributed by atoms with E-state index in [4.69, 9.17) is 16.3 Å². The Kier molecular flexibility index (Phi) is 7.10. The molecule has 0 heterocycles. The lowest BCUT2D eigenvalue weighted by atomic mass is 10.0. The number of hydrogen-bond donors (Lipinski definition) is 2. The highest BCUT2D eigenvalue weighted by Crippen LogP contribution is 2.20. The Hall–Kier alpha value is -1.15. The molecule has 1 atom stereocenters. The number of methoxy groups -OCH3 is 1. The summed E-state index contributed by atoms with van der Waals surface area (Å²) in [4.78, 5) is 11.8. The number of rotatable bonds is 8. The molecular weight excluding hydrogens is 316 g/mol. The molecule has 6 nitrogen and oxygen atoms in total. The lowest BCUT2D eigenvalue weighted by Gasteiger charge is -2.18. The minimum absolute atomic E-state index is 0.00157. The lowest BCUT2D eigenvalue weighted by Crippen LogP contribution is -2.34. The minimum atomic E-state index is -3.44. The normalized spacial score (nSPS) is 12.9. The number of ether oxygens (including phenoxy) is 1. The molecule has 0 aliphatic rings. The molecule has 0 aliphatic carbocycles. The summed E-state index contributed by atoms with van der Waals surface area (Å²) in [6.45, 7) is 0.776. The van der Waals surface area contributed by atoms with Gasteiger partial charge in [-0.2, -0.15) is 0 Å². The zero-order chi connectivity index (χ0) is 15.9. The first-order valence-electron chi connectivity index (χ1n) is 6.30. The monoisotopic (exact) mass is 334 g/mol. The predicted molar refractivity (Wildman–Crippen MR) is 81.7 cm³/mol. The zero-order valence-electron chi connectivity index (χ0n) is 11.9. The minimum Gasteiger partial charge on any atom is -0.383 e. The van der Waals surface area contributed by atoms with Crippen LogP contribution in [-0.2, 0) is 19.6 Å². The molecule has 0 fully saturated rings. The number of halogens is 1. The number of carbonyl (C=O) groups excluding carboxylic acids is 1. The molecule has 21 heavy (non-hydrogen) atoms. The molecule has 118 valence electrons. The van der Waals surface area contributed by atoms with Crippen molar-refractivity contribution < 1.29 is 17.9 Å². The van der Waals surface area contributed by atoms with E-state index in [1.54, 1.807) is 24.3 Å². The van der Waals surface area contributed by atoms with E-state index in [0.29, 0.717) is 23.7 Å². The highest BCUT2D eigenvalue weighted by atomic mass is 35.5. The molecular formula is C13H19ClN2O4S. The summed E-state index contributed by atoms with van der Waals surface area (Å²) >= 11 is 5.81. The smallest absolute Gasteiger partial charge is 0.222 e. The van der Waals surface area contributed by atoms with Gasteiger partial charge in [0, 0.05) is 25.1 Å². The van der Waals surface area contributed by atoms with Crippen molar-refractivity contribution in [3.63, 3.8) is 0 Å². The van der Waals surface area contributed by atoms with Gasteiger partial charge in [-0.15, -0.1) is 0 Å². The molecule has 0 radical (unpaired) electrons. The van der Waals surface area contributed by atoms with Gasteiger partial charge in [-0.05, 0) is 17.7 Å². The Morgan fingerprint density at radius 3 is 2.48 bits per heavy atom. The zero-order valence-corrected chi connectivity index (χ0v) is 13.5. The molecule has 0 saturated heterocycles. The second kappa shape index (κ2) is 8.33. The van der Waals surface area contributed by atoms with Crippen molar-refractivity contribution >= 4 is 27.5 Å². The van der Waals surface area contributed by atoms with Gasteiger partial charge in [-0.1, -0.05) is 23.7 Å². The maximum Gasteiger partial charge on any atom is 0.222 e. The average molecular weight is 335 g/mol. The second-order valence-corrected chi connectivity index (χ2v) is 6.76. The number of benzene rings is 1. The fourth-order valence-electron chi connectivity index (χ4n) is 1.73. The highest BCUT2D eigenvalue weighted by Gasteiger charge is 2.19. The van der Waals surface area contributed by atoms with Crippen molar-refractivity contribution in [2.75, 3.05) is 26.5 Å². The summed E-state index contributed by atoms with van der Waals surface area (Å²) in [6.07, 6.45) is 1.05. The van der Waals surface area contributed by atoms with Crippen molar-refractivity contribution in [3.8, 4) is 0 Å². The van der Waals surface area contributed by atoms with Crippen LogP contribution < -0.4 is 10.0 Å². The lowest BCUT2D eigenvalue weighted by molar-refractivity contribution is -0.121. The molecule has 1 aromatic rings.